The van der Waals surface area contributed by atoms with Crippen LogP contribution in [0, 0.1) is 0 Å². The molecule has 0 aromatic carbocycles. The molecule has 1 aromatic heterocycles. The van der Waals surface area contributed by atoms with Crippen LogP contribution in [0.5, 0.6) is 0 Å². The third-order valence-corrected chi connectivity index (χ3v) is 1.64. The number of hydrogen-bond acceptors (Lipinski definition) is 4. The molecule has 0 unspecified atom stereocenters. The van der Waals surface area contributed by atoms with Crippen LogP contribution < -0.4 is 5.32 Å². The Kier molecular flexibility index (Phi) is 3.25. The lowest BCUT2D eigenvalue weighted by molar-refractivity contribution is 0.311. The van der Waals surface area contributed by atoms with Gasteiger partial charge in [-0.25, -0.2) is 9.97 Å². The number of aliphatic hydroxyl groups excluding tert-OH is 1. The number of rotatable bonds is 3. The number of anilines is 1. The van der Waals surface area contributed by atoms with Crippen molar-refractivity contribution in [3.8, 4) is 0 Å². The molecule has 1 aromatic rings. The Balaban J connectivity index is 2.62. The zero-order chi connectivity index (χ0) is 8.10. The summed E-state index contributed by atoms with van der Waals surface area (Å²) in [6, 6.07) is 0. The maximum atomic E-state index is 8.49. The van der Waals surface area contributed by atoms with Gasteiger partial charge in [0.25, 0.3) is 0 Å². The van der Waals surface area contributed by atoms with Crippen LogP contribution in [0.15, 0.2) is 17.0 Å². The number of aromatic nitrogens is 2. The second-order valence-electron chi connectivity index (χ2n) is 1.85. The van der Waals surface area contributed by atoms with E-state index in [4.69, 9.17) is 5.11 Å². The van der Waals surface area contributed by atoms with Crippen molar-refractivity contribution in [2.24, 2.45) is 0 Å². The molecule has 1 heterocycles. The molecule has 4 nitrogen and oxygen atoms in total. The van der Waals surface area contributed by atoms with Crippen LogP contribution in [-0.4, -0.2) is 28.2 Å². The normalized spacial score (nSPS) is 9.64. The van der Waals surface area contributed by atoms with Gasteiger partial charge in [-0.3, -0.25) is 0 Å². The van der Waals surface area contributed by atoms with Crippen molar-refractivity contribution in [2.75, 3.05) is 18.5 Å². The number of nitrogens with one attached hydrogen (secondary N) is 1. The molecule has 5 heteroatoms. The quantitative estimate of drug-likeness (QED) is 0.781. The summed E-state index contributed by atoms with van der Waals surface area (Å²) in [6.07, 6.45) is 3.18. The smallest absolute Gasteiger partial charge is 0.159 e. The Morgan fingerprint density at radius 3 is 2.82 bits per heavy atom. The first-order valence-electron chi connectivity index (χ1n) is 3.16. The van der Waals surface area contributed by atoms with Gasteiger partial charge in [0.2, 0.25) is 0 Å². The average molecular weight is 218 g/mol. The fourth-order valence-corrected chi connectivity index (χ4v) is 0.975. The molecule has 11 heavy (non-hydrogen) atoms. The zero-order valence-electron chi connectivity index (χ0n) is 5.79. The van der Waals surface area contributed by atoms with Gasteiger partial charge in [-0.15, -0.1) is 0 Å². The predicted molar refractivity (Wildman–Crippen MR) is 45.3 cm³/mol. The highest BCUT2D eigenvalue weighted by Crippen LogP contribution is 2.13. The molecule has 0 amide bonds. The van der Waals surface area contributed by atoms with Gasteiger partial charge in [0.05, 0.1) is 6.61 Å². The summed E-state index contributed by atoms with van der Waals surface area (Å²) < 4.78 is 0.661. The second kappa shape index (κ2) is 4.25. The van der Waals surface area contributed by atoms with Crippen LogP contribution in [-0.2, 0) is 0 Å². The Bertz CT molecular complexity index is 231. The summed E-state index contributed by atoms with van der Waals surface area (Å²) in [7, 11) is 0. The van der Waals surface area contributed by atoms with Gasteiger partial charge in [-0.1, -0.05) is 0 Å². The molecule has 0 saturated carbocycles. The van der Waals surface area contributed by atoms with Crippen LogP contribution >= 0.6 is 15.9 Å². The second-order valence-corrected chi connectivity index (χ2v) is 2.60. The SMILES string of the molecule is OCCNc1nccnc1Br. The van der Waals surface area contributed by atoms with Gasteiger partial charge >= 0.3 is 0 Å². The molecule has 0 aliphatic heterocycles. The van der Waals surface area contributed by atoms with Crippen LogP contribution in [0.2, 0.25) is 0 Å². The lowest BCUT2D eigenvalue weighted by Crippen LogP contribution is -2.07. The maximum absolute atomic E-state index is 8.49. The molecule has 0 aliphatic rings. The van der Waals surface area contributed by atoms with Gasteiger partial charge in [-0.2, -0.15) is 0 Å². The molecule has 0 fully saturated rings. The highest BCUT2D eigenvalue weighted by Gasteiger charge is 1.97. The fourth-order valence-electron chi connectivity index (χ4n) is 0.614. The molecular weight excluding hydrogens is 210 g/mol. The Morgan fingerprint density at radius 1 is 1.45 bits per heavy atom. The number of hydrogen-bond donors (Lipinski definition) is 2. The van der Waals surface area contributed by atoms with Crippen LogP contribution in [0.4, 0.5) is 5.82 Å². The number of aliphatic hydroxyl groups is 1. The van der Waals surface area contributed by atoms with Crippen LogP contribution in [0.1, 0.15) is 0 Å². The Hall–Kier alpha value is -0.680. The largest absolute Gasteiger partial charge is 0.395 e. The van der Waals surface area contributed by atoms with E-state index >= 15 is 0 Å². The van der Waals surface area contributed by atoms with E-state index in [-0.39, 0.29) is 6.61 Å². The third kappa shape index (κ3) is 2.44. The Labute approximate surface area is 72.8 Å². The zero-order valence-corrected chi connectivity index (χ0v) is 7.37. The van der Waals surface area contributed by atoms with Gasteiger partial charge in [0.1, 0.15) is 4.60 Å². The van der Waals surface area contributed by atoms with E-state index < -0.39 is 0 Å². The highest BCUT2D eigenvalue weighted by molar-refractivity contribution is 9.10. The summed E-state index contributed by atoms with van der Waals surface area (Å²) >= 11 is 3.21. The molecule has 0 atom stereocenters. The van der Waals surface area contributed by atoms with Crippen molar-refractivity contribution in [3.05, 3.63) is 17.0 Å². The molecule has 2 N–H and O–H groups in total. The van der Waals surface area contributed by atoms with E-state index in [9.17, 15) is 0 Å². The van der Waals surface area contributed by atoms with E-state index in [1.807, 2.05) is 0 Å². The van der Waals surface area contributed by atoms with Crippen molar-refractivity contribution in [2.45, 2.75) is 0 Å². The van der Waals surface area contributed by atoms with Gasteiger partial charge in [-0.05, 0) is 15.9 Å². The molecule has 0 saturated heterocycles. The molecule has 1 rings (SSSR count). The molecular formula is C6H8BrN3O. The molecule has 0 aliphatic carbocycles. The van der Waals surface area contributed by atoms with Crippen molar-refractivity contribution >= 4 is 21.7 Å². The maximum Gasteiger partial charge on any atom is 0.159 e. The first-order valence-corrected chi connectivity index (χ1v) is 3.95. The summed E-state index contributed by atoms with van der Waals surface area (Å²) in [4.78, 5) is 7.93. The fraction of sp³-hybridized carbons (Fsp3) is 0.333. The van der Waals surface area contributed by atoms with Crippen molar-refractivity contribution in [1.29, 1.82) is 0 Å². The van der Waals surface area contributed by atoms with Gasteiger partial charge in [0.15, 0.2) is 5.82 Å². The minimum absolute atomic E-state index is 0.0863. The standard InChI is InChI=1S/C6H8BrN3O/c7-5-6(10-3-4-11)9-2-1-8-5/h1-2,11H,3-4H2,(H,9,10). The Morgan fingerprint density at radius 2 is 2.18 bits per heavy atom. The minimum atomic E-state index is 0.0863. The van der Waals surface area contributed by atoms with E-state index in [0.717, 1.165) is 0 Å². The van der Waals surface area contributed by atoms with E-state index in [2.05, 4.69) is 31.2 Å². The van der Waals surface area contributed by atoms with E-state index in [1.54, 1.807) is 12.4 Å². The van der Waals surface area contributed by atoms with Crippen molar-refractivity contribution in [3.63, 3.8) is 0 Å². The highest BCUT2D eigenvalue weighted by atomic mass is 79.9. The predicted octanol–water partition coefficient (Wildman–Crippen LogP) is 0.643. The van der Waals surface area contributed by atoms with Gasteiger partial charge in [0, 0.05) is 18.9 Å². The molecule has 0 radical (unpaired) electrons. The molecule has 60 valence electrons. The lowest BCUT2D eigenvalue weighted by Gasteiger charge is -2.02. The lowest BCUT2D eigenvalue weighted by atomic mass is 10.6. The topological polar surface area (TPSA) is 58.0 Å². The number of nitrogens with zero attached hydrogens (tertiary/aromatic N) is 2. The van der Waals surface area contributed by atoms with E-state index in [1.165, 1.54) is 0 Å². The van der Waals surface area contributed by atoms with Gasteiger partial charge < -0.3 is 10.4 Å². The minimum Gasteiger partial charge on any atom is -0.395 e. The van der Waals surface area contributed by atoms with Crippen molar-refractivity contribution in [1.82, 2.24) is 9.97 Å². The monoisotopic (exact) mass is 217 g/mol. The summed E-state index contributed by atoms with van der Waals surface area (Å²) in [5.74, 6) is 0.654. The molecule has 0 spiro atoms. The summed E-state index contributed by atoms with van der Waals surface area (Å²) in [5, 5.41) is 11.4. The first kappa shape index (κ1) is 8.42. The summed E-state index contributed by atoms with van der Waals surface area (Å²) in [6.45, 7) is 0.570. The average Bonchev–Trinajstić information content (AvgIpc) is 2.03. The first-order chi connectivity index (χ1) is 5.34. The molecule has 0 bridgehead atoms. The number of halogens is 1. The van der Waals surface area contributed by atoms with Crippen LogP contribution in [0.3, 0.4) is 0 Å². The third-order valence-electron chi connectivity index (χ3n) is 1.06. The van der Waals surface area contributed by atoms with E-state index in [0.29, 0.717) is 17.0 Å². The summed E-state index contributed by atoms with van der Waals surface area (Å²) in [5.41, 5.74) is 0. The van der Waals surface area contributed by atoms with Crippen LogP contribution in [0.25, 0.3) is 0 Å². The van der Waals surface area contributed by atoms with Crippen molar-refractivity contribution < 1.29 is 5.11 Å².